The van der Waals surface area contributed by atoms with Crippen molar-refractivity contribution in [3.8, 4) is 0 Å². The van der Waals surface area contributed by atoms with Crippen molar-refractivity contribution in [2.45, 2.75) is 23.8 Å². The highest BCUT2D eigenvalue weighted by Crippen LogP contribution is 2.19. The van der Waals surface area contributed by atoms with Gasteiger partial charge in [-0.15, -0.1) is 11.8 Å². The van der Waals surface area contributed by atoms with Crippen LogP contribution in [0.5, 0.6) is 0 Å². The van der Waals surface area contributed by atoms with Gasteiger partial charge in [0.05, 0.1) is 12.7 Å². The Morgan fingerprint density at radius 1 is 1.33 bits per heavy atom. The highest BCUT2D eigenvalue weighted by molar-refractivity contribution is 7.98. The predicted octanol–water partition coefficient (Wildman–Crippen LogP) is 1.54. The summed E-state index contributed by atoms with van der Waals surface area (Å²) >= 11 is 1.40. The topological polar surface area (TPSA) is 92.7 Å². The molecule has 6 nitrogen and oxygen atoms in total. The molecular formula is C14H17NO5S. The first-order valence-electron chi connectivity index (χ1n) is 6.23. The second-order valence-corrected chi connectivity index (χ2v) is 5.03. The van der Waals surface area contributed by atoms with E-state index in [0.29, 0.717) is 5.56 Å². The number of carbonyl (C=O) groups is 3. The average molecular weight is 311 g/mol. The molecule has 0 saturated carbocycles. The number of amides is 1. The molecule has 0 aliphatic rings. The fourth-order valence-electron chi connectivity index (χ4n) is 1.69. The highest BCUT2D eigenvalue weighted by Gasteiger charge is 2.22. The monoisotopic (exact) mass is 311 g/mol. The molecule has 114 valence electrons. The van der Waals surface area contributed by atoms with Gasteiger partial charge in [0.1, 0.15) is 6.04 Å². The summed E-state index contributed by atoms with van der Waals surface area (Å²) in [6, 6.07) is 5.78. The Hall–Kier alpha value is -2.02. The largest absolute Gasteiger partial charge is 0.480 e. The Balaban J connectivity index is 2.76. The van der Waals surface area contributed by atoms with E-state index in [4.69, 9.17) is 5.11 Å². The highest BCUT2D eigenvalue weighted by atomic mass is 32.2. The SMILES string of the molecule is COC(=O)CC[C@H](NC(=O)c1ccccc1SC)C(=O)O. The summed E-state index contributed by atoms with van der Waals surface area (Å²) in [7, 11) is 1.23. The number of ether oxygens (including phenoxy) is 1. The molecule has 7 heteroatoms. The number of carbonyl (C=O) groups excluding carboxylic acids is 2. The molecule has 0 radical (unpaired) electrons. The number of esters is 1. The number of hydrogen-bond acceptors (Lipinski definition) is 5. The standard InChI is InChI=1S/C14H17NO5S/c1-20-12(16)8-7-10(14(18)19)15-13(17)9-5-3-4-6-11(9)21-2/h3-6,10H,7-8H2,1-2H3,(H,15,17)(H,18,19)/t10-/m0/s1. The van der Waals surface area contributed by atoms with E-state index in [-0.39, 0.29) is 12.8 Å². The summed E-state index contributed by atoms with van der Waals surface area (Å²) in [6.45, 7) is 0. The zero-order chi connectivity index (χ0) is 15.8. The van der Waals surface area contributed by atoms with Crippen molar-refractivity contribution in [2.24, 2.45) is 0 Å². The summed E-state index contributed by atoms with van der Waals surface area (Å²) < 4.78 is 4.46. The van der Waals surface area contributed by atoms with Gasteiger partial charge in [-0.05, 0) is 24.8 Å². The maximum atomic E-state index is 12.1. The van der Waals surface area contributed by atoms with Crippen LogP contribution in [0.2, 0.25) is 0 Å². The molecule has 1 atom stereocenters. The Morgan fingerprint density at radius 2 is 2.00 bits per heavy atom. The maximum Gasteiger partial charge on any atom is 0.326 e. The van der Waals surface area contributed by atoms with Crippen LogP contribution in [0.25, 0.3) is 0 Å². The summed E-state index contributed by atoms with van der Waals surface area (Å²) in [6.07, 6.45) is 1.74. The molecule has 1 aromatic rings. The molecule has 0 spiro atoms. The van der Waals surface area contributed by atoms with Gasteiger partial charge in [0.25, 0.3) is 5.91 Å². The van der Waals surface area contributed by atoms with Crippen LogP contribution in [0, 0.1) is 0 Å². The fraction of sp³-hybridized carbons (Fsp3) is 0.357. The van der Waals surface area contributed by atoms with E-state index >= 15 is 0 Å². The third kappa shape index (κ3) is 5.11. The second-order valence-electron chi connectivity index (χ2n) is 4.18. The normalized spacial score (nSPS) is 11.5. The lowest BCUT2D eigenvalue weighted by atomic mass is 10.1. The second kappa shape index (κ2) is 8.31. The fourth-order valence-corrected chi connectivity index (χ4v) is 2.29. The smallest absolute Gasteiger partial charge is 0.326 e. The third-order valence-electron chi connectivity index (χ3n) is 2.82. The minimum absolute atomic E-state index is 0.0187. The molecule has 0 aliphatic carbocycles. The lowest BCUT2D eigenvalue weighted by Crippen LogP contribution is -2.41. The molecule has 0 unspecified atom stereocenters. The van der Waals surface area contributed by atoms with Crippen molar-refractivity contribution in [3.63, 3.8) is 0 Å². The van der Waals surface area contributed by atoms with Crippen molar-refractivity contribution in [1.29, 1.82) is 0 Å². The van der Waals surface area contributed by atoms with Crippen molar-refractivity contribution in [2.75, 3.05) is 13.4 Å². The van der Waals surface area contributed by atoms with E-state index in [1.54, 1.807) is 24.3 Å². The molecule has 0 heterocycles. The van der Waals surface area contributed by atoms with Crippen LogP contribution >= 0.6 is 11.8 Å². The number of carboxylic acids is 1. The van der Waals surface area contributed by atoms with Gasteiger partial charge in [-0.1, -0.05) is 12.1 Å². The number of benzene rings is 1. The van der Waals surface area contributed by atoms with Crippen LogP contribution in [0.3, 0.4) is 0 Å². The van der Waals surface area contributed by atoms with Crippen LogP contribution in [0.15, 0.2) is 29.2 Å². The summed E-state index contributed by atoms with van der Waals surface area (Å²) in [4.78, 5) is 35.1. The first kappa shape index (κ1) is 17.0. The zero-order valence-electron chi connectivity index (χ0n) is 11.8. The van der Waals surface area contributed by atoms with Crippen molar-refractivity contribution >= 4 is 29.6 Å². The molecule has 2 N–H and O–H groups in total. The van der Waals surface area contributed by atoms with Gasteiger partial charge in [-0.3, -0.25) is 9.59 Å². The quantitative estimate of drug-likeness (QED) is 0.586. The molecule has 0 bridgehead atoms. The Bertz CT molecular complexity index is 532. The van der Waals surface area contributed by atoms with Crippen LogP contribution in [0.4, 0.5) is 0 Å². The van der Waals surface area contributed by atoms with Gasteiger partial charge < -0.3 is 15.2 Å². The first-order valence-corrected chi connectivity index (χ1v) is 7.45. The molecular weight excluding hydrogens is 294 g/mol. The molecule has 1 amide bonds. The van der Waals surface area contributed by atoms with Crippen molar-refractivity contribution < 1.29 is 24.2 Å². The van der Waals surface area contributed by atoms with E-state index < -0.39 is 23.9 Å². The van der Waals surface area contributed by atoms with Crippen molar-refractivity contribution in [1.82, 2.24) is 5.32 Å². The van der Waals surface area contributed by atoms with E-state index in [1.165, 1.54) is 18.9 Å². The van der Waals surface area contributed by atoms with E-state index in [0.717, 1.165) is 4.90 Å². The van der Waals surface area contributed by atoms with E-state index in [9.17, 15) is 14.4 Å². The summed E-state index contributed by atoms with van der Waals surface area (Å²) in [5.41, 5.74) is 0.411. The maximum absolute atomic E-state index is 12.1. The van der Waals surface area contributed by atoms with Crippen LogP contribution in [-0.4, -0.2) is 42.4 Å². The average Bonchev–Trinajstić information content (AvgIpc) is 2.50. The van der Waals surface area contributed by atoms with E-state index in [1.807, 2.05) is 6.26 Å². The number of carboxylic acid groups (broad SMARTS) is 1. The number of rotatable bonds is 7. The molecule has 0 fully saturated rings. The summed E-state index contributed by atoms with van der Waals surface area (Å²) in [5.74, 6) is -2.17. The predicted molar refractivity (Wildman–Crippen MR) is 78.4 cm³/mol. The van der Waals surface area contributed by atoms with Gasteiger partial charge in [0.15, 0.2) is 0 Å². The Kier molecular flexibility index (Phi) is 6.74. The van der Waals surface area contributed by atoms with E-state index in [2.05, 4.69) is 10.1 Å². The lowest BCUT2D eigenvalue weighted by Gasteiger charge is -2.15. The Labute approximate surface area is 126 Å². The molecule has 21 heavy (non-hydrogen) atoms. The minimum atomic E-state index is -1.19. The Morgan fingerprint density at radius 3 is 2.57 bits per heavy atom. The molecule has 1 rings (SSSR count). The zero-order valence-corrected chi connectivity index (χ0v) is 12.6. The number of aliphatic carboxylic acids is 1. The minimum Gasteiger partial charge on any atom is -0.480 e. The van der Waals surface area contributed by atoms with Crippen molar-refractivity contribution in [3.05, 3.63) is 29.8 Å². The number of methoxy groups -OCH3 is 1. The number of hydrogen-bond donors (Lipinski definition) is 2. The van der Waals surface area contributed by atoms with Gasteiger partial charge in [0.2, 0.25) is 0 Å². The molecule has 1 aromatic carbocycles. The van der Waals surface area contributed by atoms with Gasteiger partial charge in [-0.25, -0.2) is 4.79 Å². The van der Waals surface area contributed by atoms with Crippen LogP contribution in [0.1, 0.15) is 23.2 Å². The van der Waals surface area contributed by atoms with Crippen LogP contribution in [-0.2, 0) is 14.3 Å². The number of thioether (sulfide) groups is 1. The third-order valence-corrected chi connectivity index (χ3v) is 3.62. The summed E-state index contributed by atoms with van der Waals surface area (Å²) in [5, 5.41) is 11.5. The van der Waals surface area contributed by atoms with Crippen LogP contribution < -0.4 is 5.32 Å². The van der Waals surface area contributed by atoms with Gasteiger partial charge in [0, 0.05) is 11.3 Å². The first-order chi connectivity index (χ1) is 9.99. The molecule has 0 saturated heterocycles. The lowest BCUT2D eigenvalue weighted by molar-refractivity contribution is -0.142. The van der Waals surface area contributed by atoms with Gasteiger partial charge in [-0.2, -0.15) is 0 Å². The molecule has 0 aromatic heterocycles. The number of nitrogens with one attached hydrogen (secondary N) is 1. The molecule has 0 aliphatic heterocycles. The van der Waals surface area contributed by atoms with Gasteiger partial charge >= 0.3 is 11.9 Å².